The number of carbonyl (C=O) groups is 1. The maximum atomic E-state index is 15.3. The summed E-state index contributed by atoms with van der Waals surface area (Å²) < 4.78 is 73.2. The van der Waals surface area contributed by atoms with Crippen molar-refractivity contribution in [2.24, 2.45) is 12.8 Å². The van der Waals surface area contributed by atoms with Crippen LogP contribution in [0.15, 0.2) is 53.5 Å². The number of primary amides is 1. The summed E-state index contributed by atoms with van der Waals surface area (Å²) in [5, 5.41) is 0. The first-order valence-electron chi connectivity index (χ1n) is 10.8. The molecule has 0 aliphatic carbocycles. The van der Waals surface area contributed by atoms with Gasteiger partial charge < -0.3 is 19.9 Å². The Kier molecular flexibility index (Phi) is 7.10. The molecule has 0 spiro atoms. The number of amides is 1. The van der Waals surface area contributed by atoms with Gasteiger partial charge in [0.2, 0.25) is 5.91 Å². The molecule has 2 aromatic carbocycles. The monoisotopic (exact) mass is 532 g/mol. The van der Waals surface area contributed by atoms with Crippen LogP contribution < -0.4 is 25.5 Å². The molecule has 2 N–H and O–H groups in total. The number of methoxy groups -OCH3 is 2. The van der Waals surface area contributed by atoms with Crippen LogP contribution in [0.3, 0.4) is 0 Å². The zero-order valence-corrected chi connectivity index (χ0v) is 20.2. The van der Waals surface area contributed by atoms with Gasteiger partial charge in [-0.05, 0) is 24.3 Å². The van der Waals surface area contributed by atoms with E-state index in [4.69, 9.17) is 15.2 Å². The highest BCUT2D eigenvalue weighted by atomic mass is 19.3. The van der Waals surface area contributed by atoms with Gasteiger partial charge in [0.05, 0.1) is 31.0 Å². The van der Waals surface area contributed by atoms with Crippen molar-refractivity contribution in [3.63, 3.8) is 0 Å². The second-order valence-electron chi connectivity index (χ2n) is 7.83. The predicted octanol–water partition coefficient (Wildman–Crippen LogP) is 3.90. The smallest absolute Gasteiger partial charge is 0.387 e. The van der Waals surface area contributed by atoms with Crippen LogP contribution >= 0.6 is 0 Å². The quantitative estimate of drug-likeness (QED) is 0.345. The first-order chi connectivity index (χ1) is 18.1. The van der Waals surface area contributed by atoms with Crippen molar-refractivity contribution in [3.8, 4) is 45.5 Å². The van der Waals surface area contributed by atoms with Gasteiger partial charge in [0.1, 0.15) is 28.9 Å². The highest BCUT2D eigenvalue weighted by molar-refractivity contribution is 6.02. The van der Waals surface area contributed by atoms with Crippen LogP contribution in [-0.2, 0) is 7.05 Å². The third-order valence-corrected chi connectivity index (χ3v) is 5.68. The fourth-order valence-corrected chi connectivity index (χ4v) is 4.05. The molecule has 0 fully saturated rings. The molecule has 0 aliphatic heterocycles. The highest BCUT2D eigenvalue weighted by Gasteiger charge is 2.30. The summed E-state index contributed by atoms with van der Waals surface area (Å²) in [6, 6.07) is 7.79. The van der Waals surface area contributed by atoms with Gasteiger partial charge in [0, 0.05) is 42.6 Å². The Bertz CT molecular complexity index is 1580. The molecule has 0 saturated heterocycles. The normalized spacial score (nSPS) is 11.1. The van der Waals surface area contributed by atoms with Crippen molar-refractivity contribution >= 4 is 5.91 Å². The number of benzene rings is 2. The van der Waals surface area contributed by atoms with Crippen LogP contribution in [0.25, 0.3) is 28.2 Å². The highest BCUT2D eigenvalue weighted by Crippen LogP contribution is 2.38. The van der Waals surface area contributed by atoms with Gasteiger partial charge in [-0.25, -0.2) is 13.8 Å². The zero-order valence-electron chi connectivity index (χ0n) is 20.2. The summed E-state index contributed by atoms with van der Waals surface area (Å²) in [6.45, 7) is -3.23. The van der Waals surface area contributed by atoms with Crippen LogP contribution in [0.5, 0.6) is 17.2 Å². The second kappa shape index (κ2) is 10.3. The van der Waals surface area contributed by atoms with E-state index in [-0.39, 0.29) is 28.4 Å². The predicted molar refractivity (Wildman–Crippen MR) is 128 cm³/mol. The van der Waals surface area contributed by atoms with Crippen LogP contribution in [0.1, 0.15) is 10.4 Å². The van der Waals surface area contributed by atoms with Crippen LogP contribution in [0.2, 0.25) is 0 Å². The fourth-order valence-electron chi connectivity index (χ4n) is 4.05. The second-order valence-corrected chi connectivity index (χ2v) is 7.83. The average molecular weight is 532 g/mol. The van der Waals surface area contributed by atoms with Gasteiger partial charge in [0.25, 0.3) is 5.56 Å². The van der Waals surface area contributed by atoms with Gasteiger partial charge in [-0.15, -0.1) is 0 Å². The maximum Gasteiger partial charge on any atom is 0.387 e. The van der Waals surface area contributed by atoms with Crippen molar-refractivity contribution in [1.29, 1.82) is 0 Å². The summed E-state index contributed by atoms with van der Waals surface area (Å²) in [4.78, 5) is 30.3. The van der Waals surface area contributed by atoms with Crippen molar-refractivity contribution in [2.45, 2.75) is 6.61 Å². The molecule has 13 heteroatoms. The van der Waals surface area contributed by atoms with E-state index in [9.17, 15) is 18.4 Å². The maximum absolute atomic E-state index is 15.3. The standard InChI is InChI=1S/C25H20F4N4O5/c1-32-22(21-17(26)9-14(37-3)10-18(21)27)20(24(35)33(32)19-11-12(36-2)6-7-31-19)16-8-13(38-25(28)29)4-5-15(16)23(30)34/h4-11,25H,1-3H3,(H2,30,34). The number of carbonyl (C=O) groups excluding carboxylic acids is 1. The minimum atomic E-state index is -3.23. The molecule has 4 rings (SSSR count). The summed E-state index contributed by atoms with van der Waals surface area (Å²) in [6.07, 6.45) is 1.34. The summed E-state index contributed by atoms with van der Waals surface area (Å²) in [7, 11) is 3.93. The number of alkyl halides is 2. The molecule has 2 heterocycles. The Morgan fingerprint density at radius 1 is 0.947 bits per heavy atom. The number of nitrogens with two attached hydrogens (primary N) is 1. The molecular formula is C25H20F4N4O5. The minimum Gasteiger partial charge on any atom is -0.497 e. The largest absolute Gasteiger partial charge is 0.497 e. The third kappa shape index (κ3) is 4.65. The number of ether oxygens (including phenoxy) is 3. The van der Waals surface area contributed by atoms with Gasteiger partial charge in [-0.1, -0.05) is 0 Å². The van der Waals surface area contributed by atoms with Gasteiger partial charge in [-0.2, -0.15) is 13.5 Å². The van der Waals surface area contributed by atoms with Crippen LogP contribution in [-0.4, -0.2) is 41.1 Å². The molecule has 198 valence electrons. The van der Waals surface area contributed by atoms with E-state index in [1.165, 1.54) is 39.6 Å². The van der Waals surface area contributed by atoms with E-state index in [1.54, 1.807) is 0 Å². The minimum absolute atomic E-state index is 0.000659. The molecule has 2 aromatic heterocycles. The lowest BCUT2D eigenvalue weighted by Gasteiger charge is -2.14. The van der Waals surface area contributed by atoms with Crippen molar-refractivity contribution in [1.82, 2.24) is 14.3 Å². The molecule has 0 atom stereocenters. The fraction of sp³-hybridized carbons (Fsp3) is 0.160. The SMILES string of the molecule is COc1ccnc(-n2c(=O)c(-c3cc(OC(F)F)ccc3C(N)=O)c(-c3c(F)cc(OC)cc3F)n2C)c1. The van der Waals surface area contributed by atoms with Gasteiger partial charge in [0.15, 0.2) is 5.82 Å². The molecule has 0 radical (unpaired) electrons. The van der Waals surface area contributed by atoms with Gasteiger partial charge >= 0.3 is 6.61 Å². The van der Waals surface area contributed by atoms with Crippen LogP contribution in [0.4, 0.5) is 17.6 Å². The summed E-state index contributed by atoms with van der Waals surface area (Å²) in [5.74, 6) is -3.47. The number of halogens is 4. The summed E-state index contributed by atoms with van der Waals surface area (Å²) in [5.41, 5.74) is 2.61. The van der Waals surface area contributed by atoms with E-state index in [0.29, 0.717) is 5.75 Å². The Morgan fingerprint density at radius 3 is 2.18 bits per heavy atom. The number of nitrogens with zero attached hydrogens (tertiary/aromatic N) is 3. The molecule has 1 amide bonds. The lowest BCUT2D eigenvalue weighted by Crippen LogP contribution is -2.22. The van der Waals surface area contributed by atoms with Crippen molar-refractivity contribution in [2.75, 3.05) is 14.2 Å². The lowest BCUT2D eigenvalue weighted by molar-refractivity contribution is -0.0498. The zero-order chi connectivity index (χ0) is 27.7. The third-order valence-electron chi connectivity index (χ3n) is 5.68. The van der Waals surface area contributed by atoms with E-state index in [1.807, 2.05) is 0 Å². The van der Waals surface area contributed by atoms with E-state index in [2.05, 4.69) is 9.72 Å². The number of aromatic nitrogens is 3. The number of rotatable bonds is 8. The number of hydrogen-bond donors (Lipinski definition) is 1. The molecule has 0 bridgehead atoms. The molecular weight excluding hydrogens is 512 g/mol. The summed E-state index contributed by atoms with van der Waals surface area (Å²) >= 11 is 0. The molecule has 0 unspecified atom stereocenters. The first kappa shape index (κ1) is 26.3. The number of hydrogen-bond acceptors (Lipinski definition) is 6. The molecule has 9 nitrogen and oxygen atoms in total. The average Bonchev–Trinajstić information content (AvgIpc) is 3.12. The first-order valence-corrected chi connectivity index (χ1v) is 10.8. The van der Waals surface area contributed by atoms with E-state index < -0.39 is 46.6 Å². The van der Waals surface area contributed by atoms with Gasteiger partial charge in [-0.3, -0.25) is 14.3 Å². The van der Waals surface area contributed by atoms with Crippen molar-refractivity contribution < 1.29 is 36.6 Å². The van der Waals surface area contributed by atoms with Crippen LogP contribution in [0, 0.1) is 11.6 Å². The Morgan fingerprint density at radius 2 is 1.61 bits per heavy atom. The lowest BCUT2D eigenvalue weighted by atomic mass is 9.95. The van der Waals surface area contributed by atoms with Crippen molar-refractivity contribution in [3.05, 3.63) is 76.2 Å². The van der Waals surface area contributed by atoms with E-state index in [0.717, 1.165) is 39.7 Å². The molecule has 38 heavy (non-hydrogen) atoms. The Balaban J connectivity index is 2.16. The number of pyridine rings is 1. The Hall–Kier alpha value is -4.81. The molecule has 0 aliphatic rings. The molecule has 4 aromatic rings. The Labute approximate surface area is 212 Å². The van der Waals surface area contributed by atoms with E-state index >= 15 is 8.78 Å². The topological polar surface area (TPSA) is 111 Å². The molecule has 0 saturated carbocycles.